The lowest BCUT2D eigenvalue weighted by atomic mass is 10.3. The molecule has 1 aromatic rings. The van der Waals surface area contributed by atoms with Crippen LogP contribution < -0.4 is 0 Å². The fraction of sp³-hybridized carbons (Fsp3) is 0.364. The van der Waals surface area contributed by atoms with E-state index in [2.05, 4.69) is 0 Å². The predicted octanol–water partition coefficient (Wildman–Crippen LogP) is 0.325. The van der Waals surface area contributed by atoms with Crippen LogP contribution in [0.5, 0.6) is 0 Å². The number of thiophene rings is 1. The van der Waals surface area contributed by atoms with Crippen LogP contribution in [0.1, 0.15) is 5.56 Å². The van der Waals surface area contributed by atoms with Crippen molar-refractivity contribution in [1.82, 2.24) is 4.90 Å². The van der Waals surface area contributed by atoms with Crippen LogP contribution in [0.4, 0.5) is 0 Å². The summed E-state index contributed by atoms with van der Waals surface area (Å²) < 4.78 is 0. The molecule has 0 saturated carbocycles. The minimum atomic E-state index is -0.821. The standard InChI is InChI=1S/C11H13NO3S/c13-9-5-12(6-10(9)14)11(15)2-1-8-3-4-16-7-8/h1-4,7,9-10,13-14H,5-6H2/b2-1+/t9-,10-/m0/s1. The molecule has 2 heterocycles. The molecule has 16 heavy (non-hydrogen) atoms. The molecule has 0 spiro atoms. The summed E-state index contributed by atoms with van der Waals surface area (Å²) in [5, 5.41) is 22.5. The molecule has 1 aliphatic rings. The first kappa shape index (κ1) is 11.3. The van der Waals surface area contributed by atoms with Crippen LogP contribution in [-0.2, 0) is 4.79 Å². The number of amides is 1. The normalized spacial score (nSPS) is 25.5. The first-order chi connectivity index (χ1) is 7.66. The van der Waals surface area contributed by atoms with E-state index in [9.17, 15) is 15.0 Å². The van der Waals surface area contributed by atoms with Gasteiger partial charge in [-0.25, -0.2) is 0 Å². The van der Waals surface area contributed by atoms with Gasteiger partial charge in [-0.15, -0.1) is 0 Å². The molecule has 1 aliphatic heterocycles. The van der Waals surface area contributed by atoms with Crippen molar-refractivity contribution in [1.29, 1.82) is 0 Å². The molecular formula is C11H13NO3S. The minimum absolute atomic E-state index is 0.179. The second kappa shape index (κ2) is 4.78. The van der Waals surface area contributed by atoms with Gasteiger partial charge < -0.3 is 15.1 Å². The maximum atomic E-state index is 11.7. The first-order valence-electron chi connectivity index (χ1n) is 5.02. The highest BCUT2D eigenvalue weighted by Crippen LogP contribution is 2.12. The van der Waals surface area contributed by atoms with Gasteiger partial charge in [-0.05, 0) is 28.5 Å². The van der Waals surface area contributed by atoms with Crippen molar-refractivity contribution in [3.05, 3.63) is 28.5 Å². The lowest BCUT2D eigenvalue weighted by molar-refractivity contribution is -0.125. The predicted molar refractivity (Wildman–Crippen MR) is 61.9 cm³/mol. The zero-order valence-electron chi connectivity index (χ0n) is 8.61. The van der Waals surface area contributed by atoms with Gasteiger partial charge in [0, 0.05) is 19.2 Å². The number of carbonyl (C=O) groups is 1. The third-order valence-corrected chi connectivity index (χ3v) is 3.23. The zero-order valence-corrected chi connectivity index (χ0v) is 9.43. The fourth-order valence-electron chi connectivity index (χ4n) is 1.59. The van der Waals surface area contributed by atoms with Crippen LogP contribution in [0.3, 0.4) is 0 Å². The van der Waals surface area contributed by atoms with Gasteiger partial charge >= 0.3 is 0 Å². The van der Waals surface area contributed by atoms with Gasteiger partial charge in [0.25, 0.3) is 0 Å². The van der Waals surface area contributed by atoms with E-state index in [1.54, 1.807) is 17.4 Å². The number of hydrogen-bond acceptors (Lipinski definition) is 4. The van der Waals surface area contributed by atoms with E-state index in [-0.39, 0.29) is 19.0 Å². The molecule has 0 bridgehead atoms. The molecule has 1 aromatic heterocycles. The topological polar surface area (TPSA) is 60.8 Å². The van der Waals surface area contributed by atoms with Crippen molar-refractivity contribution < 1.29 is 15.0 Å². The monoisotopic (exact) mass is 239 g/mol. The van der Waals surface area contributed by atoms with Crippen LogP contribution in [-0.4, -0.2) is 46.3 Å². The van der Waals surface area contributed by atoms with Crippen molar-refractivity contribution in [2.24, 2.45) is 0 Å². The Hall–Kier alpha value is -1.17. The summed E-state index contributed by atoms with van der Waals surface area (Å²) in [7, 11) is 0. The summed E-state index contributed by atoms with van der Waals surface area (Å²) in [4.78, 5) is 13.1. The van der Waals surface area contributed by atoms with Crippen LogP contribution in [0, 0.1) is 0 Å². The summed E-state index contributed by atoms with van der Waals surface area (Å²) in [6.45, 7) is 0.405. The minimum Gasteiger partial charge on any atom is -0.388 e. The third kappa shape index (κ3) is 2.49. The number of hydrogen-bond donors (Lipinski definition) is 2. The number of rotatable bonds is 2. The molecule has 2 atom stereocenters. The van der Waals surface area contributed by atoms with Crippen LogP contribution in [0.15, 0.2) is 22.9 Å². The average Bonchev–Trinajstić information content (AvgIpc) is 2.86. The second-order valence-electron chi connectivity index (χ2n) is 3.77. The summed E-state index contributed by atoms with van der Waals surface area (Å²) in [6.07, 6.45) is 1.56. The molecule has 0 aromatic carbocycles. The highest BCUT2D eigenvalue weighted by Gasteiger charge is 2.31. The molecule has 1 fully saturated rings. The van der Waals surface area contributed by atoms with E-state index < -0.39 is 12.2 Å². The van der Waals surface area contributed by atoms with E-state index in [0.717, 1.165) is 5.56 Å². The quantitative estimate of drug-likeness (QED) is 0.731. The Morgan fingerprint density at radius 3 is 2.69 bits per heavy atom. The van der Waals surface area contributed by atoms with Gasteiger partial charge in [0.05, 0.1) is 12.2 Å². The van der Waals surface area contributed by atoms with Gasteiger partial charge in [0.2, 0.25) is 5.91 Å². The number of nitrogens with zero attached hydrogens (tertiary/aromatic N) is 1. The van der Waals surface area contributed by atoms with E-state index in [1.807, 2.05) is 16.8 Å². The Morgan fingerprint density at radius 1 is 1.44 bits per heavy atom. The molecule has 2 rings (SSSR count). The number of carbonyl (C=O) groups excluding carboxylic acids is 1. The van der Waals surface area contributed by atoms with Gasteiger partial charge in [0.15, 0.2) is 0 Å². The molecular weight excluding hydrogens is 226 g/mol. The van der Waals surface area contributed by atoms with Crippen LogP contribution in [0.25, 0.3) is 6.08 Å². The zero-order chi connectivity index (χ0) is 11.5. The Labute approximate surface area is 97.4 Å². The van der Waals surface area contributed by atoms with Crippen LogP contribution in [0.2, 0.25) is 0 Å². The molecule has 5 heteroatoms. The van der Waals surface area contributed by atoms with E-state index in [1.165, 1.54) is 11.0 Å². The van der Waals surface area contributed by atoms with Crippen molar-refractivity contribution in [2.75, 3.05) is 13.1 Å². The fourth-order valence-corrected chi connectivity index (χ4v) is 2.22. The number of aliphatic hydroxyl groups excluding tert-OH is 2. The largest absolute Gasteiger partial charge is 0.388 e. The number of likely N-dealkylation sites (tertiary alicyclic amines) is 1. The van der Waals surface area contributed by atoms with Crippen molar-refractivity contribution in [2.45, 2.75) is 12.2 Å². The maximum absolute atomic E-state index is 11.7. The Balaban J connectivity index is 1.94. The highest BCUT2D eigenvalue weighted by atomic mass is 32.1. The molecule has 0 aliphatic carbocycles. The lowest BCUT2D eigenvalue weighted by Gasteiger charge is -2.11. The van der Waals surface area contributed by atoms with E-state index >= 15 is 0 Å². The summed E-state index contributed by atoms with van der Waals surface area (Å²) in [6, 6.07) is 1.92. The smallest absolute Gasteiger partial charge is 0.246 e. The van der Waals surface area contributed by atoms with Crippen molar-refractivity contribution in [3.8, 4) is 0 Å². The van der Waals surface area contributed by atoms with Gasteiger partial charge in [0.1, 0.15) is 0 Å². The van der Waals surface area contributed by atoms with Crippen molar-refractivity contribution >= 4 is 23.3 Å². The lowest BCUT2D eigenvalue weighted by Crippen LogP contribution is -2.27. The molecule has 2 N–H and O–H groups in total. The highest BCUT2D eigenvalue weighted by molar-refractivity contribution is 7.08. The molecule has 0 radical (unpaired) electrons. The molecule has 1 saturated heterocycles. The average molecular weight is 239 g/mol. The van der Waals surface area contributed by atoms with Crippen LogP contribution >= 0.6 is 11.3 Å². The first-order valence-corrected chi connectivity index (χ1v) is 5.96. The molecule has 1 amide bonds. The number of aliphatic hydroxyl groups is 2. The Morgan fingerprint density at radius 2 is 2.12 bits per heavy atom. The second-order valence-corrected chi connectivity index (χ2v) is 4.55. The molecule has 4 nitrogen and oxygen atoms in total. The molecule has 0 unspecified atom stereocenters. The molecule has 86 valence electrons. The maximum Gasteiger partial charge on any atom is 0.246 e. The third-order valence-electron chi connectivity index (χ3n) is 2.53. The van der Waals surface area contributed by atoms with Gasteiger partial charge in [-0.1, -0.05) is 0 Å². The summed E-state index contributed by atoms with van der Waals surface area (Å²) in [5.74, 6) is -0.179. The van der Waals surface area contributed by atoms with Gasteiger partial charge in [-0.3, -0.25) is 4.79 Å². The Bertz CT molecular complexity index is 378. The van der Waals surface area contributed by atoms with E-state index in [4.69, 9.17) is 0 Å². The Kier molecular flexibility index (Phi) is 3.38. The van der Waals surface area contributed by atoms with Crippen molar-refractivity contribution in [3.63, 3.8) is 0 Å². The summed E-state index contributed by atoms with van der Waals surface area (Å²) in [5.41, 5.74) is 0.985. The SMILES string of the molecule is O=C(/C=C/c1ccsc1)N1C[C@H](O)[C@@H](O)C1. The number of β-amino-alcohol motifs (C(OH)–C–C–N with tert-alkyl or cyclic N) is 2. The van der Waals surface area contributed by atoms with E-state index in [0.29, 0.717) is 0 Å². The summed E-state index contributed by atoms with van der Waals surface area (Å²) >= 11 is 1.57. The van der Waals surface area contributed by atoms with Gasteiger partial charge in [-0.2, -0.15) is 11.3 Å².